The van der Waals surface area contributed by atoms with E-state index in [1.54, 1.807) is 10.6 Å². The first kappa shape index (κ1) is 18.2. The Balaban J connectivity index is 2.06. The van der Waals surface area contributed by atoms with Gasteiger partial charge in [-0.3, -0.25) is 14.0 Å². The lowest BCUT2D eigenvalue weighted by molar-refractivity contribution is -0.137. The molecule has 2 heterocycles. The van der Waals surface area contributed by atoms with Crippen LogP contribution in [0.1, 0.15) is 11.1 Å². The van der Waals surface area contributed by atoms with E-state index in [1.165, 1.54) is 18.9 Å². The van der Waals surface area contributed by atoms with Gasteiger partial charge < -0.3 is 4.74 Å². The number of thioether (sulfide) groups is 1. The molecule has 0 aliphatic carbocycles. The van der Waals surface area contributed by atoms with Gasteiger partial charge in [-0.2, -0.15) is 0 Å². The van der Waals surface area contributed by atoms with E-state index in [9.17, 15) is 9.59 Å². The van der Waals surface area contributed by atoms with Crippen LogP contribution in [0, 0.1) is 13.8 Å². The Bertz CT molecular complexity index is 1280. The number of hydrogen-bond donors (Lipinski definition) is 0. The van der Waals surface area contributed by atoms with Gasteiger partial charge in [-0.15, -0.1) is 10.2 Å². The van der Waals surface area contributed by atoms with Crippen LogP contribution < -0.4 is 5.56 Å². The van der Waals surface area contributed by atoms with E-state index in [0.29, 0.717) is 21.8 Å². The summed E-state index contributed by atoms with van der Waals surface area (Å²) in [6.07, 6.45) is 0. The van der Waals surface area contributed by atoms with Crippen LogP contribution in [-0.2, 0) is 9.53 Å². The molecule has 0 atom stereocenters. The molecule has 28 heavy (non-hydrogen) atoms. The number of aryl methyl sites for hydroxylation is 1. The van der Waals surface area contributed by atoms with Crippen LogP contribution in [0.3, 0.4) is 0 Å². The normalized spacial score (nSPS) is 11.2. The predicted molar refractivity (Wildman–Crippen MR) is 108 cm³/mol. The lowest BCUT2D eigenvalue weighted by Crippen LogP contribution is -2.22. The van der Waals surface area contributed by atoms with Crippen molar-refractivity contribution in [1.29, 1.82) is 0 Å². The molecule has 0 bridgehead atoms. The molecule has 0 unspecified atom stereocenters. The van der Waals surface area contributed by atoms with Gasteiger partial charge in [0, 0.05) is 0 Å². The minimum absolute atomic E-state index is 0.105. The maximum absolute atomic E-state index is 13.3. The molecule has 0 amide bonds. The highest BCUT2D eigenvalue weighted by molar-refractivity contribution is 7.99. The molecule has 4 aromatic rings. The highest BCUT2D eigenvalue weighted by atomic mass is 32.2. The van der Waals surface area contributed by atoms with Crippen LogP contribution in [0.25, 0.3) is 22.4 Å². The second kappa shape index (κ2) is 7.12. The van der Waals surface area contributed by atoms with E-state index in [4.69, 9.17) is 4.74 Å². The van der Waals surface area contributed by atoms with Crippen molar-refractivity contribution in [3.05, 3.63) is 63.9 Å². The molecule has 0 aliphatic heterocycles. The topological polar surface area (TPSA) is 78.5 Å². The molecule has 4 rings (SSSR count). The number of para-hydroxylation sites is 1. The van der Waals surface area contributed by atoms with Crippen molar-refractivity contribution in [3.8, 4) is 5.69 Å². The SMILES string of the molecule is COC(=O)CSc1nnc2n(-c3cccc(C)c3C)c(=O)c3ccccc3n12. The van der Waals surface area contributed by atoms with E-state index in [2.05, 4.69) is 10.2 Å². The number of carbonyl (C=O) groups excluding carboxylic acids is 1. The van der Waals surface area contributed by atoms with Crippen LogP contribution in [0.15, 0.2) is 52.4 Å². The zero-order valence-electron chi connectivity index (χ0n) is 15.7. The van der Waals surface area contributed by atoms with Gasteiger partial charge in [-0.25, -0.2) is 4.57 Å². The molecule has 2 aromatic carbocycles. The Morgan fingerprint density at radius 3 is 2.68 bits per heavy atom. The van der Waals surface area contributed by atoms with Crippen LogP contribution >= 0.6 is 11.8 Å². The molecule has 0 fully saturated rings. The quantitative estimate of drug-likeness (QED) is 0.391. The lowest BCUT2D eigenvalue weighted by atomic mass is 10.1. The third-order valence-corrected chi connectivity index (χ3v) is 5.66. The summed E-state index contributed by atoms with van der Waals surface area (Å²) in [6.45, 7) is 3.98. The van der Waals surface area contributed by atoms with E-state index >= 15 is 0 Å². The second-order valence-electron chi connectivity index (χ2n) is 6.36. The van der Waals surface area contributed by atoms with Gasteiger partial charge in [0.1, 0.15) is 0 Å². The number of rotatable bonds is 4. The van der Waals surface area contributed by atoms with Crippen molar-refractivity contribution in [2.45, 2.75) is 19.0 Å². The Morgan fingerprint density at radius 2 is 1.89 bits per heavy atom. The Kier molecular flexibility index (Phi) is 4.64. The third kappa shape index (κ3) is 2.86. The van der Waals surface area contributed by atoms with Crippen molar-refractivity contribution >= 4 is 34.4 Å². The number of aromatic nitrogens is 4. The van der Waals surface area contributed by atoms with Crippen molar-refractivity contribution in [1.82, 2.24) is 19.2 Å². The number of esters is 1. The van der Waals surface area contributed by atoms with Crippen molar-refractivity contribution in [2.24, 2.45) is 0 Å². The zero-order valence-corrected chi connectivity index (χ0v) is 16.5. The second-order valence-corrected chi connectivity index (χ2v) is 7.30. The van der Waals surface area contributed by atoms with E-state index < -0.39 is 0 Å². The Labute approximate surface area is 165 Å². The first-order valence-electron chi connectivity index (χ1n) is 8.68. The first-order valence-corrected chi connectivity index (χ1v) is 9.66. The fourth-order valence-electron chi connectivity index (χ4n) is 3.15. The number of ether oxygens (including phenoxy) is 1. The van der Waals surface area contributed by atoms with Gasteiger partial charge in [0.25, 0.3) is 5.56 Å². The lowest BCUT2D eigenvalue weighted by Gasteiger charge is -2.14. The summed E-state index contributed by atoms with van der Waals surface area (Å²) < 4.78 is 8.11. The monoisotopic (exact) mass is 394 g/mol. The highest BCUT2D eigenvalue weighted by Gasteiger charge is 2.19. The van der Waals surface area contributed by atoms with E-state index in [-0.39, 0.29) is 17.3 Å². The molecule has 0 saturated heterocycles. The summed E-state index contributed by atoms with van der Waals surface area (Å²) in [5, 5.41) is 9.60. The van der Waals surface area contributed by atoms with Gasteiger partial charge in [0.15, 0.2) is 5.16 Å². The summed E-state index contributed by atoms with van der Waals surface area (Å²) in [6, 6.07) is 13.1. The van der Waals surface area contributed by atoms with Crippen LogP contribution in [0.2, 0.25) is 0 Å². The number of fused-ring (bicyclic) bond motifs is 3. The highest BCUT2D eigenvalue weighted by Crippen LogP contribution is 2.25. The van der Waals surface area contributed by atoms with Crippen molar-refractivity contribution in [3.63, 3.8) is 0 Å². The third-order valence-electron chi connectivity index (χ3n) is 4.76. The molecule has 0 aliphatic rings. The van der Waals surface area contributed by atoms with Gasteiger partial charge in [-0.05, 0) is 43.2 Å². The summed E-state index contributed by atoms with van der Waals surface area (Å²) in [7, 11) is 1.35. The number of hydrogen-bond acceptors (Lipinski definition) is 6. The van der Waals surface area contributed by atoms with Gasteiger partial charge in [-0.1, -0.05) is 36.0 Å². The number of methoxy groups -OCH3 is 1. The molecular formula is C20H18N4O3S. The average molecular weight is 394 g/mol. The molecule has 0 N–H and O–H groups in total. The van der Waals surface area contributed by atoms with E-state index in [0.717, 1.165) is 16.8 Å². The smallest absolute Gasteiger partial charge is 0.316 e. The molecule has 2 aromatic heterocycles. The van der Waals surface area contributed by atoms with Gasteiger partial charge in [0.2, 0.25) is 5.78 Å². The van der Waals surface area contributed by atoms with Crippen LogP contribution in [-0.4, -0.2) is 38.0 Å². The number of nitrogens with zero attached hydrogens (tertiary/aromatic N) is 4. The van der Waals surface area contributed by atoms with Crippen LogP contribution in [0.4, 0.5) is 0 Å². The van der Waals surface area contributed by atoms with Gasteiger partial charge >= 0.3 is 5.97 Å². The maximum Gasteiger partial charge on any atom is 0.316 e. The summed E-state index contributed by atoms with van der Waals surface area (Å²) in [4.78, 5) is 24.9. The van der Waals surface area contributed by atoms with E-state index in [1.807, 2.05) is 54.6 Å². The molecule has 0 radical (unpaired) electrons. The molecule has 0 spiro atoms. The first-order chi connectivity index (χ1) is 13.5. The maximum atomic E-state index is 13.3. The summed E-state index contributed by atoms with van der Waals surface area (Å²) >= 11 is 1.22. The molecule has 8 heteroatoms. The zero-order chi connectivity index (χ0) is 19.8. The fourth-order valence-corrected chi connectivity index (χ4v) is 3.92. The Hall–Kier alpha value is -3.13. The molecular weight excluding hydrogens is 376 g/mol. The molecule has 142 valence electrons. The van der Waals surface area contributed by atoms with Crippen molar-refractivity contribution < 1.29 is 9.53 Å². The van der Waals surface area contributed by atoms with Crippen LogP contribution in [0.5, 0.6) is 0 Å². The Morgan fingerprint density at radius 1 is 1.11 bits per heavy atom. The van der Waals surface area contributed by atoms with Gasteiger partial charge in [0.05, 0.1) is 29.5 Å². The summed E-state index contributed by atoms with van der Waals surface area (Å²) in [5.74, 6) is 0.160. The minimum Gasteiger partial charge on any atom is -0.468 e. The summed E-state index contributed by atoms with van der Waals surface area (Å²) in [5.41, 5.74) is 3.37. The number of carbonyl (C=O) groups is 1. The fraction of sp³-hybridized carbons (Fsp3) is 0.200. The largest absolute Gasteiger partial charge is 0.468 e. The molecule has 0 saturated carbocycles. The standard InChI is InChI=1S/C20H18N4O3S/c1-12-7-6-10-15(13(12)2)23-18(26)14-8-4-5-9-16(14)24-19(23)21-22-20(24)28-11-17(25)27-3/h4-10H,11H2,1-3H3. The predicted octanol–water partition coefficient (Wildman–Crippen LogP) is 2.92. The van der Waals surface area contributed by atoms with Crippen molar-refractivity contribution in [2.75, 3.05) is 12.9 Å². The average Bonchev–Trinajstić information content (AvgIpc) is 3.13. The minimum atomic E-state index is -0.353. The number of benzene rings is 2. The molecule has 7 nitrogen and oxygen atoms in total.